The predicted octanol–water partition coefficient (Wildman–Crippen LogP) is 0.740. The number of halogens is 1. The second-order valence-corrected chi connectivity index (χ2v) is 4.51. The van der Waals surface area contributed by atoms with Gasteiger partial charge in [0.2, 0.25) is 5.91 Å². The zero-order chi connectivity index (χ0) is 12.3. The maximum absolute atomic E-state index is 11.6. The van der Waals surface area contributed by atoms with Crippen molar-refractivity contribution in [2.45, 2.75) is 12.5 Å². The first-order valence-corrected chi connectivity index (χ1v) is 5.83. The molecule has 1 saturated heterocycles. The summed E-state index contributed by atoms with van der Waals surface area (Å²) in [5.74, 6) is 0.421. The summed E-state index contributed by atoms with van der Waals surface area (Å²) >= 11 is 5.69. The second kappa shape index (κ2) is 5.44. The number of amides is 1. The number of likely N-dealkylation sites (tertiary alicyclic amines) is 1. The smallest absolute Gasteiger partial charge is 0.226 e. The van der Waals surface area contributed by atoms with E-state index in [4.69, 9.17) is 16.7 Å². The van der Waals surface area contributed by atoms with Gasteiger partial charge in [-0.15, -0.1) is 0 Å². The van der Waals surface area contributed by atoms with Crippen molar-refractivity contribution >= 4 is 23.3 Å². The number of carbonyl (C=O) groups excluding carboxylic acids is 1. The minimum Gasteiger partial charge on any atom is -0.390 e. The first-order valence-electron chi connectivity index (χ1n) is 5.45. The van der Waals surface area contributed by atoms with E-state index in [1.807, 2.05) is 4.90 Å². The van der Waals surface area contributed by atoms with Crippen LogP contribution in [0.25, 0.3) is 0 Å². The molecule has 0 unspecified atom stereocenters. The van der Waals surface area contributed by atoms with E-state index in [0.717, 1.165) is 0 Å². The van der Waals surface area contributed by atoms with Gasteiger partial charge in [-0.05, 0) is 12.1 Å². The molecule has 0 radical (unpaired) electrons. The summed E-state index contributed by atoms with van der Waals surface area (Å²) in [5, 5.41) is 12.3. The Labute approximate surface area is 104 Å². The fourth-order valence-corrected chi connectivity index (χ4v) is 1.75. The molecule has 1 aromatic rings. The summed E-state index contributed by atoms with van der Waals surface area (Å²) in [4.78, 5) is 17.6. The lowest BCUT2D eigenvalue weighted by molar-refractivity contribution is -0.117. The van der Waals surface area contributed by atoms with Crippen molar-refractivity contribution in [2.24, 2.45) is 0 Å². The van der Waals surface area contributed by atoms with E-state index >= 15 is 0 Å². The molecule has 6 heteroatoms. The molecule has 1 aliphatic rings. The third-order valence-electron chi connectivity index (χ3n) is 2.59. The largest absolute Gasteiger partial charge is 0.390 e. The molecular formula is C11H14ClN3O2. The maximum atomic E-state index is 11.6. The first-order chi connectivity index (χ1) is 8.13. The highest BCUT2D eigenvalue weighted by atomic mass is 35.5. The molecule has 0 bridgehead atoms. The molecule has 2 rings (SSSR count). The molecule has 17 heavy (non-hydrogen) atoms. The van der Waals surface area contributed by atoms with E-state index in [-0.39, 0.29) is 12.0 Å². The van der Waals surface area contributed by atoms with E-state index in [9.17, 15) is 4.79 Å². The van der Waals surface area contributed by atoms with Gasteiger partial charge in [-0.25, -0.2) is 4.98 Å². The standard InChI is InChI=1S/C11H14ClN3O2/c12-8-1-2-10(13-5-8)14-11(17)3-4-15-6-9(16)7-15/h1-2,5,9,16H,3-4,6-7H2,(H,13,14,17). The number of pyridine rings is 1. The number of nitrogens with one attached hydrogen (secondary N) is 1. The van der Waals surface area contributed by atoms with Gasteiger partial charge < -0.3 is 10.4 Å². The SMILES string of the molecule is O=C(CCN1CC(O)C1)Nc1ccc(Cl)cn1. The number of aliphatic hydroxyl groups is 1. The van der Waals surface area contributed by atoms with E-state index in [0.29, 0.717) is 36.9 Å². The van der Waals surface area contributed by atoms with Crippen LogP contribution in [-0.2, 0) is 4.79 Å². The van der Waals surface area contributed by atoms with Gasteiger partial charge >= 0.3 is 0 Å². The van der Waals surface area contributed by atoms with Crippen molar-refractivity contribution in [1.29, 1.82) is 0 Å². The van der Waals surface area contributed by atoms with Crippen LogP contribution >= 0.6 is 11.6 Å². The van der Waals surface area contributed by atoms with Crippen molar-refractivity contribution in [3.8, 4) is 0 Å². The predicted molar refractivity (Wildman–Crippen MR) is 64.9 cm³/mol. The van der Waals surface area contributed by atoms with E-state index in [1.54, 1.807) is 12.1 Å². The summed E-state index contributed by atoms with van der Waals surface area (Å²) in [6.45, 7) is 1.98. The van der Waals surface area contributed by atoms with Crippen LogP contribution in [0.4, 0.5) is 5.82 Å². The highest BCUT2D eigenvalue weighted by molar-refractivity contribution is 6.30. The zero-order valence-electron chi connectivity index (χ0n) is 9.27. The Morgan fingerprint density at radius 2 is 2.35 bits per heavy atom. The molecule has 0 aromatic carbocycles. The number of rotatable bonds is 4. The number of aliphatic hydroxyl groups excluding tert-OH is 1. The lowest BCUT2D eigenvalue weighted by atomic mass is 10.1. The van der Waals surface area contributed by atoms with E-state index in [2.05, 4.69) is 10.3 Å². The minimum atomic E-state index is -0.226. The molecule has 1 aliphatic heterocycles. The van der Waals surface area contributed by atoms with Gasteiger partial charge in [0.05, 0.1) is 11.1 Å². The van der Waals surface area contributed by atoms with Gasteiger partial charge in [0.1, 0.15) is 5.82 Å². The van der Waals surface area contributed by atoms with Crippen LogP contribution in [-0.4, -0.2) is 46.6 Å². The molecule has 0 spiro atoms. The lowest BCUT2D eigenvalue weighted by Crippen LogP contribution is -2.51. The molecule has 0 saturated carbocycles. The Hall–Kier alpha value is -1.17. The van der Waals surface area contributed by atoms with Crippen LogP contribution in [0.3, 0.4) is 0 Å². The van der Waals surface area contributed by atoms with Gasteiger partial charge in [0, 0.05) is 32.3 Å². The Morgan fingerprint density at radius 1 is 1.59 bits per heavy atom. The lowest BCUT2D eigenvalue weighted by Gasteiger charge is -2.35. The number of anilines is 1. The third-order valence-corrected chi connectivity index (χ3v) is 2.81. The Balaban J connectivity index is 1.71. The van der Waals surface area contributed by atoms with Gasteiger partial charge in [0.25, 0.3) is 0 Å². The average Bonchev–Trinajstić information content (AvgIpc) is 2.26. The molecule has 0 atom stereocenters. The van der Waals surface area contributed by atoms with Crippen LogP contribution in [0.1, 0.15) is 6.42 Å². The van der Waals surface area contributed by atoms with Gasteiger partial charge in [-0.2, -0.15) is 0 Å². The highest BCUT2D eigenvalue weighted by Crippen LogP contribution is 2.11. The Kier molecular flexibility index (Phi) is 3.93. The van der Waals surface area contributed by atoms with Crippen molar-refractivity contribution in [3.05, 3.63) is 23.4 Å². The molecule has 92 valence electrons. The molecular weight excluding hydrogens is 242 g/mol. The van der Waals surface area contributed by atoms with E-state index < -0.39 is 0 Å². The summed E-state index contributed by atoms with van der Waals surface area (Å²) < 4.78 is 0. The average molecular weight is 256 g/mol. The molecule has 2 heterocycles. The topological polar surface area (TPSA) is 65.5 Å². The molecule has 5 nitrogen and oxygen atoms in total. The Morgan fingerprint density at radius 3 is 2.94 bits per heavy atom. The molecule has 1 amide bonds. The first kappa shape index (κ1) is 12.3. The molecule has 2 N–H and O–H groups in total. The quantitative estimate of drug-likeness (QED) is 0.833. The van der Waals surface area contributed by atoms with Crippen LogP contribution in [0.15, 0.2) is 18.3 Å². The maximum Gasteiger partial charge on any atom is 0.226 e. The third kappa shape index (κ3) is 3.66. The normalized spacial score (nSPS) is 16.6. The minimum absolute atomic E-state index is 0.0822. The van der Waals surface area contributed by atoms with Crippen molar-refractivity contribution in [3.63, 3.8) is 0 Å². The monoisotopic (exact) mass is 255 g/mol. The van der Waals surface area contributed by atoms with Crippen molar-refractivity contribution in [1.82, 2.24) is 9.88 Å². The van der Waals surface area contributed by atoms with Crippen LogP contribution in [0.5, 0.6) is 0 Å². The summed E-state index contributed by atoms with van der Waals surface area (Å²) in [5.41, 5.74) is 0. The Bertz CT molecular complexity index is 390. The number of hydrogen-bond acceptors (Lipinski definition) is 4. The number of carbonyl (C=O) groups is 1. The summed E-state index contributed by atoms with van der Waals surface area (Å²) in [6, 6.07) is 3.34. The molecule has 0 aliphatic carbocycles. The number of β-amino-alcohol motifs (C(OH)–C–C–N with tert-alkyl or cyclic N) is 1. The van der Waals surface area contributed by atoms with Crippen molar-refractivity contribution < 1.29 is 9.90 Å². The summed E-state index contributed by atoms with van der Waals surface area (Å²) in [6.07, 6.45) is 1.66. The summed E-state index contributed by atoms with van der Waals surface area (Å²) in [7, 11) is 0. The second-order valence-electron chi connectivity index (χ2n) is 4.07. The van der Waals surface area contributed by atoms with Gasteiger partial charge in [-0.3, -0.25) is 9.69 Å². The van der Waals surface area contributed by atoms with Crippen molar-refractivity contribution in [2.75, 3.05) is 25.0 Å². The van der Waals surface area contributed by atoms with E-state index in [1.165, 1.54) is 6.20 Å². The molecule has 1 aromatic heterocycles. The number of hydrogen-bond donors (Lipinski definition) is 2. The highest BCUT2D eigenvalue weighted by Gasteiger charge is 2.24. The van der Waals surface area contributed by atoms with Gasteiger partial charge in [0.15, 0.2) is 0 Å². The number of aromatic nitrogens is 1. The van der Waals surface area contributed by atoms with Gasteiger partial charge in [-0.1, -0.05) is 11.6 Å². The van der Waals surface area contributed by atoms with Crippen LogP contribution in [0.2, 0.25) is 5.02 Å². The fraction of sp³-hybridized carbons (Fsp3) is 0.455. The fourth-order valence-electron chi connectivity index (χ4n) is 1.64. The number of nitrogens with zero attached hydrogens (tertiary/aromatic N) is 2. The van der Waals surface area contributed by atoms with Crippen LogP contribution < -0.4 is 5.32 Å². The van der Waals surface area contributed by atoms with Crippen LogP contribution in [0, 0.1) is 0 Å². The molecule has 1 fully saturated rings. The zero-order valence-corrected chi connectivity index (χ0v) is 10.0.